The van der Waals surface area contributed by atoms with Crippen molar-refractivity contribution in [2.24, 2.45) is 5.92 Å². The van der Waals surface area contributed by atoms with E-state index in [2.05, 4.69) is 55.2 Å². The Kier molecular flexibility index (Phi) is 12.3. The van der Waals surface area contributed by atoms with Gasteiger partial charge in [0.1, 0.15) is 41.0 Å². The number of hydrogen-bond acceptors (Lipinski definition) is 10. The monoisotopic (exact) mass is 951 g/mol. The number of halogens is 2. The molecule has 3 aliphatic rings. The van der Waals surface area contributed by atoms with E-state index in [1.807, 2.05) is 48.7 Å². The van der Waals surface area contributed by atoms with Crippen LogP contribution >= 0.6 is 11.3 Å². The SMILES string of the molecule is COC(=O)NC(C(=O)N1CCC[C@H]1c1ncc(-c2ccc3c(c2)cc2n3C(c3cc(C)c(C)s3)Oc3cc(-c4cnc([C@@H]5CCCN5C(=O)[C@@H](NC(=O)OC)C(C)C)[nH]4)cc(F)c3-2)[nH]1)C(C)(C)F. The first kappa shape index (κ1) is 46.4. The number of amides is 4. The Morgan fingerprint density at radius 1 is 0.853 bits per heavy atom. The van der Waals surface area contributed by atoms with Crippen LogP contribution in [0.3, 0.4) is 0 Å². The number of rotatable bonds is 11. The lowest BCUT2D eigenvalue weighted by molar-refractivity contribution is -0.138. The highest BCUT2D eigenvalue weighted by Gasteiger charge is 2.44. The van der Waals surface area contributed by atoms with Crippen LogP contribution in [0.15, 0.2) is 54.9 Å². The number of carbonyl (C=O) groups excluding carboxylic acids is 4. The number of alkyl halides is 1. The Balaban J connectivity index is 1.03. The smallest absolute Gasteiger partial charge is 0.407 e. The van der Waals surface area contributed by atoms with E-state index in [-0.39, 0.29) is 17.9 Å². The van der Waals surface area contributed by atoms with Gasteiger partial charge in [0.25, 0.3) is 0 Å². The van der Waals surface area contributed by atoms with E-state index in [9.17, 15) is 19.2 Å². The second-order valence-electron chi connectivity index (χ2n) is 18.6. The van der Waals surface area contributed by atoms with Gasteiger partial charge < -0.3 is 44.6 Å². The third-order valence-corrected chi connectivity index (χ3v) is 14.5. The van der Waals surface area contributed by atoms with Crippen LogP contribution in [0, 0.1) is 25.6 Å². The van der Waals surface area contributed by atoms with Gasteiger partial charge in [0, 0.05) is 34.5 Å². The number of fused-ring (bicyclic) bond motifs is 5. The summed E-state index contributed by atoms with van der Waals surface area (Å²) in [5, 5.41) is 5.88. The molecule has 4 amide bonds. The number of likely N-dealkylation sites (tertiary alicyclic amines) is 2. The molecule has 6 aromatic rings. The number of hydrogen-bond donors (Lipinski definition) is 4. The van der Waals surface area contributed by atoms with Gasteiger partial charge in [-0.2, -0.15) is 0 Å². The van der Waals surface area contributed by atoms with Crippen LogP contribution < -0.4 is 15.4 Å². The molecule has 2 aromatic carbocycles. The Morgan fingerprint density at radius 2 is 1.47 bits per heavy atom. The Morgan fingerprint density at radius 3 is 2.06 bits per heavy atom. The number of nitrogens with one attached hydrogen (secondary N) is 4. The molecular formula is C49H55F2N9O7S. The summed E-state index contributed by atoms with van der Waals surface area (Å²) < 4.78 is 50.5. The van der Waals surface area contributed by atoms with E-state index < -0.39 is 53.9 Å². The van der Waals surface area contributed by atoms with Crippen molar-refractivity contribution in [3.8, 4) is 39.5 Å². The van der Waals surface area contributed by atoms with Gasteiger partial charge in [-0.25, -0.2) is 28.3 Å². The van der Waals surface area contributed by atoms with Crippen LogP contribution in [0.4, 0.5) is 18.4 Å². The number of nitrogens with zero attached hydrogens (tertiary/aromatic N) is 5. The molecule has 0 spiro atoms. The molecule has 2 saturated heterocycles. The summed E-state index contributed by atoms with van der Waals surface area (Å²) in [6.07, 6.45) is 3.82. The molecule has 0 bridgehead atoms. The molecule has 2 unspecified atom stereocenters. The first-order chi connectivity index (χ1) is 32.4. The third kappa shape index (κ3) is 8.45. The molecule has 0 saturated carbocycles. The van der Waals surface area contributed by atoms with Crippen molar-refractivity contribution in [2.75, 3.05) is 27.3 Å². The summed E-state index contributed by atoms with van der Waals surface area (Å²) in [7, 11) is 2.42. The van der Waals surface area contributed by atoms with Crippen LogP contribution in [0.1, 0.15) is 98.7 Å². The summed E-state index contributed by atoms with van der Waals surface area (Å²) >= 11 is 1.62. The summed E-state index contributed by atoms with van der Waals surface area (Å²) in [5.41, 5.74) is 3.40. The lowest BCUT2D eigenvalue weighted by Crippen LogP contribution is -2.56. The Labute approximate surface area is 395 Å². The maximum Gasteiger partial charge on any atom is 0.407 e. The third-order valence-electron chi connectivity index (χ3n) is 13.3. The van der Waals surface area contributed by atoms with Crippen LogP contribution in [-0.2, 0) is 19.1 Å². The second kappa shape index (κ2) is 18.0. The average Bonchev–Trinajstić information content (AvgIpc) is 4.17. The highest BCUT2D eigenvalue weighted by atomic mass is 32.1. The molecule has 4 N–H and O–H groups in total. The molecule has 2 fully saturated rings. The molecule has 4 aromatic heterocycles. The molecule has 68 heavy (non-hydrogen) atoms. The van der Waals surface area contributed by atoms with Gasteiger partial charge in [0.05, 0.1) is 71.7 Å². The standard InChI is InChI=1S/C49H55F2N9O7S/c1-24(2)40(56-47(63)65-7)44(61)58-15-9-11-34(58)42-53-23-32(55-42)28-19-30(50)39-36-20-29-18-27(13-14-33(29)60(36)46(67-37(39)21-28)38-17-25(3)26(4)68-38)31-22-52-43(54-31)35-12-10-16-59(35)45(62)41(49(5,6)51)57-48(64)66-8/h13-14,17-24,34-35,40-41,46H,9-12,15-16H2,1-8H3,(H,52,54)(H,53,55)(H,56,63)(H,57,64)/t34-,35-,40-,41?,46?/m0/s1. The summed E-state index contributed by atoms with van der Waals surface area (Å²) in [5.74, 6) is -0.0139. The molecule has 7 heterocycles. The van der Waals surface area contributed by atoms with Crippen molar-refractivity contribution in [1.29, 1.82) is 0 Å². The Bertz CT molecular complexity index is 2910. The van der Waals surface area contributed by atoms with Gasteiger partial charge in [0.2, 0.25) is 18.0 Å². The fraction of sp³-hybridized carbons (Fsp3) is 0.429. The molecule has 0 aliphatic carbocycles. The predicted molar refractivity (Wildman–Crippen MR) is 251 cm³/mol. The van der Waals surface area contributed by atoms with Gasteiger partial charge >= 0.3 is 12.2 Å². The zero-order chi connectivity index (χ0) is 48.3. The molecule has 16 nitrogen and oxygen atoms in total. The molecule has 5 atom stereocenters. The maximum absolute atomic E-state index is 16.9. The number of aryl methyl sites for hydroxylation is 2. The molecule has 9 rings (SSSR count). The summed E-state index contributed by atoms with van der Waals surface area (Å²) in [4.78, 5) is 73.3. The Hall–Kier alpha value is -6.76. The number of ether oxygens (including phenoxy) is 3. The number of aromatic amines is 2. The predicted octanol–water partition coefficient (Wildman–Crippen LogP) is 9.03. The van der Waals surface area contributed by atoms with Gasteiger partial charge in [0.15, 0.2) is 0 Å². The highest BCUT2D eigenvalue weighted by molar-refractivity contribution is 7.12. The number of aromatic nitrogens is 5. The normalized spacial score (nSPS) is 18.8. The average molecular weight is 952 g/mol. The van der Waals surface area contributed by atoms with Gasteiger partial charge in [-0.15, -0.1) is 11.3 Å². The van der Waals surface area contributed by atoms with Crippen molar-refractivity contribution in [3.05, 3.63) is 87.6 Å². The van der Waals surface area contributed by atoms with E-state index in [4.69, 9.17) is 9.47 Å². The van der Waals surface area contributed by atoms with E-state index in [1.165, 1.54) is 27.0 Å². The lowest BCUT2D eigenvalue weighted by Gasteiger charge is -2.32. The van der Waals surface area contributed by atoms with Gasteiger partial charge in [-0.1, -0.05) is 19.9 Å². The number of carbonyl (C=O) groups is 4. The quantitative estimate of drug-likeness (QED) is 0.0983. The van der Waals surface area contributed by atoms with E-state index >= 15 is 8.78 Å². The molecule has 3 aliphatic heterocycles. The molecule has 358 valence electrons. The van der Waals surface area contributed by atoms with Crippen molar-refractivity contribution in [1.82, 2.24) is 44.9 Å². The summed E-state index contributed by atoms with van der Waals surface area (Å²) in [6.45, 7) is 11.2. The number of thiophene rings is 1. The van der Waals surface area contributed by atoms with Crippen molar-refractivity contribution in [2.45, 2.75) is 103 Å². The largest absolute Gasteiger partial charge is 0.464 e. The van der Waals surface area contributed by atoms with Gasteiger partial charge in [-0.3, -0.25) is 14.2 Å². The number of H-pyrrole nitrogens is 2. The fourth-order valence-electron chi connectivity index (χ4n) is 9.69. The highest BCUT2D eigenvalue weighted by Crippen LogP contribution is 2.49. The lowest BCUT2D eigenvalue weighted by atomic mass is 9.99. The van der Waals surface area contributed by atoms with Crippen molar-refractivity contribution < 1.29 is 42.2 Å². The summed E-state index contributed by atoms with van der Waals surface area (Å²) in [6, 6.07) is 10.2. The van der Waals surface area contributed by atoms with Crippen LogP contribution in [0.5, 0.6) is 5.75 Å². The second-order valence-corrected chi connectivity index (χ2v) is 19.9. The minimum atomic E-state index is -2.06. The molecule has 0 radical (unpaired) electrons. The van der Waals surface area contributed by atoms with Crippen LogP contribution in [0.25, 0.3) is 44.7 Å². The van der Waals surface area contributed by atoms with Crippen molar-refractivity contribution in [3.63, 3.8) is 0 Å². The van der Waals surface area contributed by atoms with E-state index in [0.29, 0.717) is 78.0 Å². The van der Waals surface area contributed by atoms with E-state index in [0.717, 1.165) is 45.3 Å². The van der Waals surface area contributed by atoms with Crippen molar-refractivity contribution >= 4 is 46.2 Å². The number of methoxy groups -OCH3 is 2. The molecular weight excluding hydrogens is 897 g/mol. The first-order valence-corrected chi connectivity index (χ1v) is 23.6. The minimum absolute atomic E-state index is 0.185. The number of imidazole rings is 2. The van der Waals surface area contributed by atoms with Gasteiger partial charge in [-0.05, 0) is 101 Å². The van der Waals surface area contributed by atoms with Crippen LogP contribution in [0.2, 0.25) is 0 Å². The zero-order valence-corrected chi connectivity index (χ0v) is 40.0. The van der Waals surface area contributed by atoms with Crippen LogP contribution in [-0.4, -0.2) is 103 Å². The number of alkyl carbamates (subject to hydrolysis) is 2. The maximum atomic E-state index is 16.9. The first-order valence-electron chi connectivity index (χ1n) is 22.8. The zero-order valence-electron chi connectivity index (χ0n) is 39.2. The minimum Gasteiger partial charge on any atom is -0.464 e. The topological polar surface area (TPSA) is 189 Å². The fourth-order valence-corrected chi connectivity index (χ4v) is 10.8. The number of benzene rings is 2. The molecule has 19 heteroatoms. The van der Waals surface area contributed by atoms with E-state index in [1.54, 1.807) is 33.5 Å².